The number of fused-ring (bicyclic) bond motifs is 1. The first-order chi connectivity index (χ1) is 12.1. The van der Waals surface area contributed by atoms with Gasteiger partial charge in [-0.25, -0.2) is 4.68 Å². The molecule has 0 radical (unpaired) electrons. The van der Waals surface area contributed by atoms with Crippen LogP contribution in [0.15, 0.2) is 48.7 Å². The predicted molar refractivity (Wildman–Crippen MR) is 99.6 cm³/mol. The fraction of sp³-hybridized carbons (Fsp3) is 0.238. The van der Waals surface area contributed by atoms with Gasteiger partial charge in [0.1, 0.15) is 0 Å². The number of carbonyl (C=O) groups is 1. The molecule has 0 saturated heterocycles. The summed E-state index contributed by atoms with van der Waals surface area (Å²) >= 11 is 0. The standard InChI is InChI=1S/C21H21N3O/c1-14-7-4-5-10-19(14)24-16(3)18(13-22-24)21(25)23-12-11-17-9-6-8-15(2)20(17)23/h4-10,13H,11-12H2,1-3H3. The first-order valence-corrected chi connectivity index (χ1v) is 8.59. The van der Waals surface area contributed by atoms with Crippen molar-refractivity contribution in [3.05, 3.63) is 76.6 Å². The number of benzene rings is 2. The fourth-order valence-electron chi connectivity index (χ4n) is 3.66. The molecule has 4 nitrogen and oxygen atoms in total. The molecule has 3 aromatic rings. The zero-order chi connectivity index (χ0) is 17.6. The lowest BCUT2D eigenvalue weighted by molar-refractivity contribution is 0.0988. The number of aryl methyl sites for hydroxylation is 2. The number of nitrogens with zero attached hydrogens (tertiary/aromatic N) is 3. The van der Waals surface area contributed by atoms with Crippen molar-refractivity contribution in [3.8, 4) is 5.69 Å². The van der Waals surface area contributed by atoms with Crippen molar-refractivity contribution in [3.63, 3.8) is 0 Å². The van der Waals surface area contributed by atoms with Crippen LogP contribution in [0.3, 0.4) is 0 Å². The minimum absolute atomic E-state index is 0.0328. The molecule has 25 heavy (non-hydrogen) atoms. The molecule has 0 fully saturated rings. The Morgan fingerprint density at radius 2 is 1.76 bits per heavy atom. The zero-order valence-electron chi connectivity index (χ0n) is 14.8. The van der Waals surface area contributed by atoms with Gasteiger partial charge in [-0.15, -0.1) is 0 Å². The molecule has 1 aromatic heterocycles. The van der Waals surface area contributed by atoms with E-state index in [9.17, 15) is 4.79 Å². The Morgan fingerprint density at radius 3 is 2.56 bits per heavy atom. The summed E-state index contributed by atoms with van der Waals surface area (Å²) in [6, 6.07) is 14.3. The maximum atomic E-state index is 13.2. The largest absolute Gasteiger partial charge is 0.307 e. The summed E-state index contributed by atoms with van der Waals surface area (Å²) in [6.45, 7) is 6.81. The summed E-state index contributed by atoms with van der Waals surface area (Å²) < 4.78 is 1.86. The molecule has 1 aliphatic heterocycles. The first-order valence-electron chi connectivity index (χ1n) is 8.59. The van der Waals surface area contributed by atoms with Crippen LogP contribution in [-0.2, 0) is 6.42 Å². The number of hydrogen-bond acceptors (Lipinski definition) is 2. The van der Waals surface area contributed by atoms with E-state index in [1.54, 1.807) is 6.20 Å². The normalized spacial score (nSPS) is 13.2. The van der Waals surface area contributed by atoms with Crippen LogP contribution in [0.4, 0.5) is 5.69 Å². The summed E-state index contributed by atoms with van der Waals surface area (Å²) in [5.74, 6) is 0.0328. The van der Waals surface area contributed by atoms with Crippen LogP contribution in [0.25, 0.3) is 5.69 Å². The van der Waals surface area contributed by atoms with E-state index in [-0.39, 0.29) is 5.91 Å². The van der Waals surface area contributed by atoms with Crippen molar-refractivity contribution >= 4 is 11.6 Å². The molecule has 0 N–H and O–H groups in total. The number of anilines is 1. The van der Waals surface area contributed by atoms with Crippen LogP contribution in [0.5, 0.6) is 0 Å². The Balaban J connectivity index is 1.74. The molecule has 1 aliphatic rings. The van der Waals surface area contributed by atoms with Gasteiger partial charge in [0, 0.05) is 6.54 Å². The summed E-state index contributed by atoms with van der Waals surface area (Å²) in [4.78, 5) is 15.1. The Hall–Kier alpha value is -2.88. The van der Waals surface area contributed by atoms with Crippen LogP contribution in [0, 0.1) is 20.8 Å². The van der Waals surface area contributed by atoms with E-state index in [1.807, 2.05) is 34.7 Å². The second-order valence-corrected chi connectivity index (χ2v) is 6.63. The van der Waals surface area contributed by atoms with Crippen LogP contribution >= 0.6 is 0 Å². The maximum absolute atomic E-state index is 13.2. The minimum atomic E-state index is 0.0328. The van der Waals surface area contributed by atoms with E-state index in [1.165, 1.54) is 5.56 Å². The molecule has 1 amide bonds. The highest BCUT2D eigenvalue weighted by molar-refractivity contribution is 6.08. The Labute approximate surface area is 147 Å². The minimum Gasteiger partial charge on any atom is -0.307 e. The molecule has 2 heterocycles. The molecular formula is C21H21N3O. The molecule has 4 rings (SSSR count). The van der Waals surface area contributed by atoms with Crippen LogP contribution in [0.1, 0.15) is 32.7 Å². The van der Waals surface area contributed by atoms with Crippen LogP contribution < -0.4 is 4.90 Å². The molecular weight excluding hydrogens is 310 g/mol. The Morgan fingerprint density at radius 1 is 1.00 bits per heavy atom. The molecule has 4 heteroatoms. The summed E-state index contributed by atoms with van der Waals surface area (Å²) in [7, 11) is 0. The molecule has 126 valence electrons. The van der Waals surface area contributed by atoms with Gasteiger partial charge in [0.15, 0.2) is 0 Å². The number of para-hydroxylation sites is 2. The average Bonchev–Trinajstić information content (AvgIpc) is 3.20. The number of aromatic nitrogens is 2. The summed E-state index contributed by atoms with van der Waals surface area (Å²) in [5.41, 5.74) is 7.15. The van der Waals surface area contributed by atoms with Crippen molar-refractivity contribution < 1.29 is 4.79 Å². The van der Waals surface area contributed by atoms with Gasteiger partial charge in [-0.2, -0.15) is 5.10 Å². The van der Waals surface area contributed by atoms with Gasteiger partial charge in [0.05, 0.1) is 28.8 Å². The first kappa shape index (κ1) is 15.6. The second-order valence-electron chi connectivity index (χ2n) is 6.63. The lowest BCUT2D eigenvalue weighted by Crippen LogP contribution is -2.29. The van der Waals surface area contributed by atoms with Gasteiger partial charge in [0.2, 0.25) is 0 Å². The van der Waals surface area contributed by atoms with E-state index in [0.717, 1.165) is 41.2 Å². The van der Waals surface area contributed by atoms with E-state index >= 15 is 0 Å². The van der Waals surface area contributed by atoms with Crippen LogP contribution in [-0.4, -0.2) is 22.2 Å². The van der Waals surface area contributed by atoms with Gasteiger partial charge in [-0.3, -0.25) is 4.79 Å². The van der Waals surface area contributed by atoms with Crippen molar-refractivity contribution in [1.29, 1.82) is 0 Å². The summed E-state index contributed by atoms with van der Waals surface area (Å²) in [5, 5.41) is 4.49. The lowest BCUT2D eigenvalue weighted by atomic mass is 10.1. The van der Waals surface area contributed by atoms with Crippen molar-refractivity contribution in [2.75, 3.05) is 11.4 Å². The van der Waals surface area contributed by atoms with Crippen LogP contribution in [0.2, 0.25) is 0 Å². The summed E-state index contributed by atoms with van der Waals surface area (Å²) in [6.07, 6.45) is 2.61. The number of hydrogen-bond donors (Lipinski definition) is 0. The third-order valence-electron chi connectivity index (χ3n) is 5.02. The highest BCUT2D eigenvalue weighted by Crippen LogP contribution is 2.33. The molecule has 0 spiro atoms. The molecule has 0 aliphatic carbocycles. The highest BCUT2D eigenvalue weighted by atomic mass is 16.2. The van der Waals surface area contributed by atoms with E-state index in [2.05, 4.69) is 43.2 Å². The maximum Gasteiger partial charge on any atom is 0.261 e. The number of carbonyl (C=O) groups excluding carboxylic acids is 1. The van der Waals surface area contributed by atoms with Gasteiger partial charge < -0.3 is 4.90 Å². The highest BCUT2D eigenvalue weighted by Gasteiger charge is 2.29. The molecule has 2 aromatic carbocycles. The van der Waals surface area contributed by atoms with Gasteiger partial charge >= 0.3 is 0 Å². The quantitative estimate of drug-likeness (QED) is 0.712. The molecule has 0 saturated carbocycles. The van der Waals surface area contributed by atoms with Crippen molar-refractivity contribution in [2.45, 2.75) is 27.2 Å². The SMILES string of the molecule is Cc1ccccc1-n1ncc(C(=O)N2CCc3cccc(C)c32)c1C. The van der Waals surface area contributed by atoms with Gasteiger partial charge in [-0.1, -0.05) is 36.4 Å². The van der Waals surface area contributed by atoms with Crippen molar-refractivity contribution in [1.82, 2.24) is 9.78 Å². The smallest absolute Gasteiger partial charge is 0.261 e. The fourth-order valence-corrected chi connectivity index (χ4v) is 3.66. The monoisotopic (exact) mass is 331 g/mol. The number of rotatable bonds is 2. The third-order valence-corrected chi connectivity index (χ3v) is 5.02. The van der Waals surface area contributed by atoms with E-state index in [4.69, 9.17) is 0 Å². The van der Waals surface area contributed by atoms with Crippen molar-refractivity contribution in [2.24, 2.45) is 0 Å². The third kappa shape index (κ3) is 2.45. The van der Waals surface area contributed by atoms with E-state index in [0.29, 0.717) is 5.56 Å². The second kappa shape index (κ2) is 5.88. The topological polar surface area (TPSA) is 38.1 Å². The Kier molecular flexibility index (Phi) is 3.68. The predicted octanol–water partition coefficient (Wildman–Crippen LogP) is 4.00. The molecule has 0 atom stereocenters. The zero-order valence-corrected chi connectivity index (χ0v) is 14.8. The average molecular weight is 331 g/mol. The number of amides is 1. The van der Waals surface area contributed by atoms with Gasteiger partial charge in [0.25, 0.3) is 5.91 Å². The van der Waals surface area contributed by atoms with Gasteiger partial charge in [-0.05, 0) is 49.9 Å². The molecule has 0 bridgehead atoms. The van der Waals surface area contributed by atoms with E-state index < -0.39 is 0 Å². The molecule has 0 unspecified atom stereocenters. The lowest BCUT2D eigenvalue weighted by Gasteiger charge is -2.19. The Bertz CT molecular complexity index is 971.